The van der Waals surface area contributed by atoms with Gasteiger partial charge in [0.15, 0.2) is 0 Å². The first kappa shape index (κ1) is 14.8. The molecule has 1 saturated heterocycles. The molecule has 1 aromatic carbocycles. The summed E-state index contributed by atoms with van der Waals surface area (Å²) in [6, 6.07) is 4.38. The van der Waals surface area contributed by atoms with Crippen molar-refractivity contribution in [2.75, 3.05) is 6.54 Å². The lowest BCUT2D eigenvalue weighted by molar-refractivity contribution is -0.137. The number of halogens is 3. The Morgan fingerprint density at radius 1 is 1.35 bits per heavy atom. The van der Waals surface area contributed by atoms with Crippen LogP contribution in [-0.2, 0) is 17.5 Å². The first-order chi connectivity index (χ1) is 9.36. The van der Waals surface area contributed by atoms with Crippen molar-refractivity contribution in [3.05, 3.63) is 35.4 Å². The second kappa shape index (κ2) is 5.80. The second-order valence-corrected chi connectivity index (χ2v) is 4.87. The third-order valence-electron chi connectivity index (χ3n) is 3.23. The molecule has 2 rings (SSSR count). The second-order valence-electron chi connectivity index (χ2n) is 4.87. The van der Waals surface area contributed by atoms with Crippen molar-refractivity contribution in [3.63, 3.8) is 0 Å². The summed E-state index contributed by atoms with van der Waals surface area (Å²) < 4.78 is 37.2. The topological polar surface area (TPSA) is 67.1 Å². The van der Waals surface area contributed by atoms with Gasteiger partial charge < -0.3 is 16.4 Å². The SMILES string of the molecule is N[C@@H]1CN[C@H](C(=O)NCc2ccc(C(F)(F)F)cc2)C1. The van der Waals surface area contributed by atoms with Gasteiger partial charge in [0.05, 0.1) is 11.6 Å². The van der Waals surface area contributed by atoms with Crippen LogP contribution in [0.2, 0.25) is 0 Å². The molecule has 0 bridgehead atoms. The van der Waals surface area contributed by atoms with E-state index in [-0.39, 0.29) is 24.5 Å². The number of alkyl halides is 3. The van der Waals surface area contributed by atoms with Crippen molar-refractivity contribution in [2.45, 2.75) is 31.2 Å². The molecule has 1 amide bonds. The van der Waals surface area contributed by atoms with Gasteiger partial charge in [-0.1, -0.05) is 12.1 Å². The number of benzene rings is 1. The molecule has 4 N–H and O–H groups in total. The van der Waals surface area contributed by atoms with Crippen molar-refractivity contribution >= 4 is 5.91 Å². The highest BCUT2D eigenvalue weighted by Crippen LogP contribution is 2.29. The van der Waals surface area contributed by atoms with Crippen LogP contribution < -0.4 is 16.4 Å². The number of amides is 1. The Morgan fingerprint density at radius 3 is 2.50 bits per heavy atom. The first-order valence-corrected chi connectivity index (χ1v) is 6.29. The summed E-state index contributed by atoms with van der Waals surface area (Å²) >= 11 is 0. The zero-order valence-corrected chi connectivity index (χ0v) is 10.7. The van der Waals surface area contributed by atoms with Crippen molar-refractivity contribution in [2.24, 2.45) is 5.73 Å². The Morgan fingerprint density at radius 2 is 2.00 bits per heavy atom. The summed E-state index contributed by atoms with van der Waals surface area (Å²) in [5.74, 6) is -0.183. The van der Waals surface area contributed by atoms with Gasteiger partial charge in [-0.3, -0.25) is 4.79 Å². The minimum absolute atomic E-state index is 0.0307. The van der Waals surface area contributed by atoms with E-state index in [1.807, 2.05) is 0 Å². The van der Waals surface area contributed by atoms with Gasteiger partial charge in [0.1, 0.15) is 0 Å². The van der Waals surface area contributed by atoms with Gasteiger partial charge >= 0.3 is 6.18 Å². The molecule has 0 aliphatic carbocycles. The molecule has 0 saturated carbocycles. The third-order valence-corrected chi connectivity index (χ3v) is 3.23. The molecule has 7 heteroatoms. The molecular weight excluding hydrogens is 271 g/mol. The normalized spacial score (nSPS) is 22.8. The number of nitrogens with two attached hydrogens (primary N) is 1. The van der Waals surface area contributed by atoms with E-state index in [0.29, 0.717) is 18.5 Å². The smallest absolute Gasteiger partial charge is 0.351 e. The highest BCUT2D eigenvalue weighted by atomic mass is 19.4. The fourth-order valence-electron chi connectivity index (χ4n) is 2.09. The van der Waals surface area contributed by atoms with Crippen LogP contribution in [0.1, 0.15) is 17.5 Å². The Labute approximate surface area is 114 Å². The number of carbonyl (C=O) groups excluding carboxylic acids is 1. The molecule has 4 nitrogen and oxygen atoms in total. The Kier molecular flexibility index (Phi) is 4.29. The summed E-state index contributed by atoms with van der Waals surface area (Å²) in [5, 5.41) is 5.67. The molecule has 0 unspecified atom stereocenters. The number of carbonyl (C=O) groups is 1. The minimum Gasteiger partial charge on any atom is -0.351 e. The average Bonchev–Trinajstić information content (AvgIpc) is 2.82. The average molecular weight is 287 g/mol. The van der Waals surface area contributed by atoms with Crippen LogP contribution in [0, 0.1) is 0 Å². The van der Waals surface area contributed by atoms with Gasteiger partial charge in [-0.05, 0) is 24.1 Å². The zero-order chi connectivity index (χ0) is 14.8. The van der Waals surface area contributed by atoms with E-state index in [4.69, 9.17) is 5.73 Å². The highest BCUT2D eigenvalue weighted by molar-refractivity contribution is 5.82. The fraction of sp³-hybridized carbons (Fsp3) is 0.462. The number of hydrogen-bond acceptors (Lipinski definition) is 3. The van der Waals surface area contributed by atoms with E-state index >= 15 is 0 Å². The number of hydrogen-bond donors (Lipinski definition) is 3. The summed E-state index contributed by atoms with van der Waals surface area (Å²) in [4.78, 5) is 11.8. The van der Waals surface area contributed by atoms with Gasteiger partial charge in [0, 0.05) is 19.1 Å². The minimum atomic E-state index is -4.34. The fourth-order valence-corrected chi connectivity index (χ4v) is 2.09. The van der Waals surface area contributed by atoms with Crippen LogP contribution >= 0.6 is 0 Å². The predicted octanol–water partition coefficient (Wildman–Crippen LogP) is 1.01. The molecule has 110 valence electrons. The highest BCUT2D eigenvalue weighted by Gasteiger charge is 2.30. The van der Waals surface area contributed by atoms with Gasteiger partial charge in [-0.15, -0.1) is 0 Å². The monoisotopic (exact) mass is 287 g/mol. The summed E-state index contributed by atoms with van der Waals surface area (Å²) in [7, 11) is 0. The van der Waals surface area contributed by atoms with E-state index in [0.717, 1.165) is 12.1 Å². The summed E-state index contributed by atoms with van der Waals surface area (Å²) in [5.41, 5.74) is 5.60. The van der Waals surface area contributed by atoms with Crippen LogP contribution in [-0.4, -0.2) is 24.5 Å². The Hall–Kier alpha value is -1.60. The molecular formula is C13H16F3N3O. The van der Waals surface area contributed by atoms with E-state index in [1.54, 1.807) is 0 Å². The lowest BCUT2D eigenvalue weighted by Crippen LogP contribution is -2.40. The van der Waals surface area contributed by atoms with Crippen molar-refractivity contribution < 1.29 is 18.0 Å². The van der Waals surface area contributed by atoms with Crippen molar-refractivity contribution in [1.29, 1.82) is 0 Å². The molecule has 1 aliphatic heterocycles. The van der Waals surface area contributed by atoms with Crippen LogP contribution in [0.5, 0.6) is 0 Å². The van der Waals surface area contributed by atoms with Crippen LogP contribution in [0.3, 0.4) is 0 Å². The van der Waals surface area contributed by atoms with E-state index in [2.05, 4.69) is 10.6 Å². The van der Waals surface area contributed by atoms with Gasteiger partial charge in [0.2, 0.25) is 5.91 Å². The number of nitrogens with one attached hydrogen (secondary N) is 2. The maximum atomic E-state index is 12.4. The first-order valence-electron chi connectivity index (χ1n) is 6.29. The van der Waals surface area contributed by atoms with Crippen LogP contribution in [0.15, 0.2) is 24.3 Å². The molecule has 1 fully saturated rings. The van der Waals surface area contributed by atoms with E-state index in [1.165, 1.54) is 12.1 Å². The maximum absolute atomic E-state index is 12.4. The Bertz CT molecular complexity index is 473. The zero-order valence-electron chi connectivity index (χ0n) is 10.7. The third kappa shape index (κ3) is 3.71. The van der Waals surface area contributed by atoms with Crippen LogP contribution in [0.4, 0.5) is 13.2 Å². The molecule has 20 heavy (non-hydrogen) atoms. The summed E-state index contributed by atoms with van der Waals surface area (Å²) in [6.45, 7) is 0.794. The standard InChI is InChI=1S/C13H16F3N3O/c14-13(15,16)9-3-1-8(2-4-9)6-19-12(20)11-5-10(17)7-18-11/h1-4,10-11,18H,5-7,17H2,(H,19,20)/t10-,11-/m0/s1. The Balaban J connectivity index is 1.86. The van der Waals surface area contributed by atoms with E-state index in [9.17, 15) is 18.0 Å². The molecule has 2 atom stereocenters. The molecule has 0 aromatic heterocycles. The quantitative estimate of drug-likeness (QED) is 0.777. The van der Waals surface area contributed by atoms with Gasteiger partial charge in [-0.2, -0.15) is 13.2 Å². The molecule has 0 radical (unpaired) electrons. The molecule has 1 aliphatic rings. The van der Waals surface area contributed by atoms with Crippen molar-refractivity contribution in [1.82, 2.24) is 10.6 Å². The van der Waals surface area contributed by atoms with E-state index < -0.39 is 11.7 Å². The van der Waals surface area contributed by atoms with Gasteiger partial charge in [0.25, 0.3) is 0 Å². The number of rotatable bonds is 3. The van der Waals surface area contributed by atoms with Gasteiger partial charge in [-0.25, -0.2) is 0 Å². The lowest BCUT2D eigenvalue weighted by atomic mass is 10.1. The van der Waals surface area contributed by atoms with Crippen LogP contribution in [0.25, 0.3) is 0 Å². The molecule has 1 heterocycles. The lowest BCUT2D eigenvalue weighted by Gasteiger charge is -2.12. The molecule has 1 aromatic rings. The molecule has 0 spiro atoms. The summed E-state index contributed by atoms with van der Waals surface area (Å²) in [6.07, 6.45) is -3.77. The predicted molar refractivity (Wildman–Crippen MR) is 67.7 cm³/mol. The van der Waals surface area contributed by atoms with Crippen molar-refractivity contribution in [3.8, 4) is 0 Å². The maximum Gasteiger partial charge on any atom is 0.416 e. The largest absolute Gasteiger partial charge is 0.416 e.